The lowest BCUT2D eigenvalue weighted by Crippen LogP contribution is -2.46. The second-order valence-electron chi connectivity index (χ2n) is 7.13. The number of hydrogen-bond donors (Lipinski definition) is 3. The van der Waals surface area contributed by atoms with Crippen molar-refractivity contribution >= 4 is 11.9 Å². The molecule has 1 unspecified atom stereocenters. The fourth-order valence-electron chi connectivity index (χ4n) is 3.58. The van der Waals surface area contributed by atoms with Crippen LogP contribution in [-0.4, -0.2) is 56.5 Å². The molecule has 7 heteroatoms. The number of piperidine rings is 1. The molecule has 0 saturated carbocycles. The number of rotatable bonds is 8. The van der Waals surface area contributed by atoms with Crippen LogP contribution in [0, 0.1) is 0 Å². The summed E-state index contributed by atoms with van der Waals surface area (Å²) >= 11 is 0. The van der Waals surface area contributed by atoms with E-state index in [-0.39, 0.29) is 11.9 Å². The molecule has 1 aromatic heterocycles. The Morgan fingerprint density at radius 3 is 2.48 bits per heavy atom. The standard InChI is InChI=1S/C22H31N5O2/c1-23-22(25-13-12-24-21(28)18-9-4-2-5-10-18)26-17-19(20-11-8-16-29-20)27-14-6-3-7-15-27/h2,4-5,8-11,16,19H,3,6-7,12-15,17H2,1H3,(H,24,28)(H2,23,25,26). The molecule has 2 aromatic rings. The lowest BCUT2D eigenvalue weighted by molar-refractivity contribution is 0.0954. The summed E-state index contributed by atoms with van der Waals surface area (Å²) in [6.07, 6.45) is 5.48. The molecule has 1 aliphatic rings. The number of nitrogens with one attached hydrogen (secondary N) is 3. The predicted octanol–water partition coefficient (Wildman–Crippen LogP) is 2.40. The highest BCUT2D eigenvalue weighted by Crippen LogP contribution is 2.24. The van der Waals surface area contributed by atoms with Crippen molar-refractivity contribution in [3.63, 3.8) is 0 Å². The van der Waals surface area contributed by atoms with E-state index < -0.39 is 0 Å². The number of nitrogens with zero attached hydrogens (tertiary/aromatic N) is 2. The van der Waals surface area contributed by atoms with E-state index in [1.165, 1.54) is 19.3 Å². The summed E-state index contributed by atoms with van der Waals surface area (Å²) in [7, 11) is 1.75. The van der Waals surface area contributed by atoms with Crippen LogP contribution in [0.25, 0.3) is 0 Å². The van der Waals surface area contributed by atoms with Gasteiger partial charge in [-0.1, -0.05) is 24.6 Å². The topological polar surface area (TPSA) is 81.9 Å². The van der Waals surface area contributed by atoms with Crippen molar-refractivity contribution in [1.29, 1.82) is 0 Å². The molecule has 29 heavy (non-hydrogen) atoms. The zero-order valence-electron chi connectivity index (χ0n) is 17.1. The van der Waals surface area contributed by atoms with Gasteiger partial charge in [0, 0.05) is 32.2 Å². The average molecular weight is 398 g/mol. The van der Waals surface area contributed by atoms with Crippen molar-refractivity contribution in [2.75, 3.05) is 39.8 Å². The molecular formula is C22H31N5O2. The van der Waals surface area contributed by atoms with Crippen LogP contribution in [0.2, 0.25) is 0 Å². The first-order valence-corrected chi connectivity index (χ1v) is 10.3. The first-order chi connectivity index (χ1) is 14.3. The summed E-state index contributed by atoms with van der Waals surface area (Å²) in [6, 6.07) is 13.4. The van der Waals surface area contributed by atoms with Gasteiger partial charge in [-0.05, 0) is 50.2 Å². The number of furan rings is 1. The van der Waals surface area contributed by atoms with E-state index in [1.54, 1.807) is 25.4 Å². The molecule has 7 nitrogen and oxygen atoms in total. The number of aliphatic imine (C=N–C) groups is 1. The minimum atomic E-state index is -0.0710. The fraction of sp³-hybridized carbons (Fsp3) is 0.455. The van der Waals surface area contributed by atoms with Gasteiger partial charge in [0.2, 0.25) is 0 Å². The first-order valence-electron chi connectivity index (χ1n) is 10.3. The number of hydrogen-bond acceptors (Lipinski definition) is 4. The van der Waals surface area contributed by atoms with Gasteiger partial charge in [0.1, 0.15) is 5.76 Å². The Kier molecular flexibility index (Phi) is 8.12. The summed E-state index contributed by atoms with van der Waals surface area (Å²) < 4.78 is 5.69. The third-order valence-electron chi connectivity index (χ3n) is 5.13. The second kappa shape index (κ2) is 11.3. The molecule has 3 N–H and O–H groups in total. The van der Waals surface area contributed by atoms with Crippen molar-refractivity contribution in [2.24, 2.45) is 4.99 Å². The fourth-order valence-corrected chi connectivity index (χ4v) is 3.58. The summed E-state index contributed by atoms with van der Waals surface area (Å²) in [4.78, 5) is 18.8. The summed E-state index contributed by atoms with van der Waals surface area (Å²) in [6.45, 7) is 3.99. The highest BCUT2D eigenvalue weighted by atomic mass is 16.3. The van der Waals surface area contributed by atoms with Gasteiger partial charge in [-0.15, -0.1) is 0 Å². The van der Waals surface area contributed by atoms with Crippen molar-refractivity contribution in [3.8, 4) is 0 Å². The lowest BCUT2D eigenvalue weighted by atomic mass is 10.1. The zero-order chi connectivity index (χ0) is 20.3. The van der Waals surface area contributed by atoms with E-state index >= 15 is 0 Å². The third-order valence-corrected chi connectivity index (χ3v) is 5.13. The van der Waals surface area contributed by atoms with Gasteiger partial charge < -0.3 is 20.4 Å². The molecule has 0 spiro atoms. The van der Waals surface area contributed by atoms with Crippen molar-refractivity contribution < 1.29 is 9.21 Å². The molecule has 1 fully saturated rings. The Labute approximate surface area is 172 Å². The number of likely N-dealkylation sites (tertiary alicyclic amines) is 1. The highest BCUT2D eigenvalue weighted by molar-refractivity contribution is 5.94. The number of amides is 1. The van der Waals surface area contributed by atoms with E-state index in [9.17, 15) is 4.79 Å². The summed E-state index contributed by atoms with van der Waals surface area (Å²) in [5, 5.41) is 9.56. The molecule has 156 valence electrons. The van der Waals surface area contributed by atoms with Crippen molar-refractivity contribution in [3.05, 3.63) is 60.1 Å². The molecular weight excluding hydrogens is 366 g/mol. The van der Waals surface area contributed by atoms with Gasteiger partial charge in [0.05, 0.1) is 12.3 Å². The van der Waals surface area contributed by atoms with E-state index in [4.69, 9.17) is 4.42 Å². The largest absolute Gasteiger partial charge is 0.468 e. The van der Waals surface area contributed by atoms with Crippen LogP contribution in [0.3, 0.4) is 0 Å². The van der Waals surface area contributed by atoms with E-state index in [0.717, 1.165) is 18.8 Å². The Balaban J connectivity index is 1.44. The van der Waals surface area contributed by atoms with Crippen molar-refractivity contribution in [1.82, 2.24) is 20.9 Å². The van der Waals surface area contributed by atoms with E-state index in [0.29, 0.717) is 31.2 Å². The molecule has 1 aromatic carbocycles. The predicted molar refractivity (Wildman–Crippen MR) is 115 cm³/mol. The molecule has 1 saturated heterocycles. The second-order valence-corrected chi connectivity index (χ2v) is 7.13. The molecule has 1 aliphatic heterocycles. The molecule has 2 heterocycles. The number of carbonyl (C=O) groups is 1. The minimum absolute atomic E-state index is 0.0710. The summed E-state index contributed by atoms with van der Waals surface area (Å²) in [5.41, 5.74) is 0.665. The van der Waals surface area contributed by atoms with Gasteiger partial charge in [-0.25, -0.2) is 0 Å². The van der Waals surface area contributed by atoms with E-state index in [1.807, 2.05) is 30.3 Å². The maximum absolute atomic E-state index is 12.1. The molecule has 3 rings (SSSR count). The SMILES string of the molecule is CN=C(NCCNC(=O)c1ccccc1)NCC(c1ccco1)N1CCCCC1. The monoisotopic (exact) mass is 397 g/mol. The molecule has 1 amide bonds. The quantitative estimate of drug-likeness (QED) is 0.362. The Bertz CT molecular complexity index is 755. The Morgan fingerprint density at radius 2 is 1.79 bits per heavy atom. The van der Waals surface area contributed by atoms with Crippen LogP contribution < -0.4 is 16.0 Å². The molecule has 1 atom stereocenters. The summed E-state index contributed by atoms with van der Waals surface area (Å²) in [5.74, 6) is 1.62. The molecule has 0 aliphatic carbocycles. The lowest BCUT2D eigenvalue weighted by Gasteiger charge is -2.33. The average Bonchev–Trinajstić information content (AvgIpc) is 3.31. The Morgan fingerprint density at radius 1 is 1.03 bits per heavy atom. The Hall–Kier alpha value is -2.80. The van der Waals surface area contributed by atoms with Gasteiger partial charge in [-0.2, -0.15) is 0 Å². The van der Waals surface area contributed by atoms with Crippen LogP contribution in [0.15, 0.2) is 58.1 Å². The number of guanidine groups is 1. The van der Waals surface area contributed by atoms with Gasteiger partial charge in [0.15, 0.2) is 5.96 Å². The highest BCUT2D eigenvalue weighted by Gasteiger charge is 2.24. The maximum Gasteiger partial charge on any atom is 0.251 e. The van der Waals surface area contributed by atoms with Gasteiger partial charge >= 0.3 is 0 Å². The molecule has 0 bridgehead atoms. The third kappa shape index (κ3) is 6.35. The van der Waals surface area contributed by atoms with Crippen LogP contribution in [-0.2, 0) is 0 Å². The zero-order valence-corrected chi connectivity index (χ0v) is 17.1. The minimum Gasteiger partial charge on any atom is -0.468 e. The van der Waals surface area contributed by atoms with Crippen LogP contribution in [0.1, 0.15) is 41.4 Å². The van der Waals surface area contributed by atoms with Crippen molar-refractivity contribution in [2.45, 2.75) is 25.3 Å². The normalized spacial score (nSPS) is 16.2. The molecule has 0 radical (unpaired) electrons. The number of benzene rings is 1. The van der Waals surface area contributed by atoms with Crippen LogP contribution in [0.5, 0.6) is 0 Å². The van der Waals surface area contributed by atoms with Crippen LogP contribution in [0.4, 0.5) is 0 Å². The van der Waals surface area contributed by atoms with Gasteiger partial charge in [0.25, 0.3) is 5.91 Å². The number of carbonyl (C=O) groups excluding carboxylic acids is 1. The van der Waals surface area contributed by atoms with Crippen LogP contribution >= 0.6 is 0 Å². The maximum atomic E-state index is 12.1. The van der Waals surface area contributed by atoms with Gasteiger partial charge in [-0.3, -0.25) is 14.7 Å². The first kappa shape index (κ1) is 20.9. The smallest absolute Gasteiger partial charge is 0.251 e. The van der Waals surface area contributed by atoms with E-state index in [2.05, 4.69) is 25.8 Å².